The molecule has 2 aliphatic rings. The summed E-state index contributed by atoms with van der Waals surface area (Å²) in [6.07, 6.45) is 5.45. The summed E-state index contributed by atoms with van der Waals surface area (Å²) in [5.41, 5.74) is 9.14. The fourth-order valence-corrected chi connectivity index (χ4v) is 5.26. The first-order chi connectivity index (χ1) is 14.6. The van der Waals surface area contributed by atoms with Gasteiger partial charge in [-0.25, -0.2) is 4.98 Å². The number of carbonyl (C=O) groups excluding carboxylic acids is 1. The van der Waals surface area contributed by atoms with Crippen molar-refractivity contribution in [2.45, 2.75) is 18.6 Å². The van der Waals surface area contributed by atoms with Crippen molar-refractivity contribution in [1.82, 2.24) is 15.2 Å². The Balaban J connectivity index is 1.35. The first-order valence-corrected chi connectivity index (χ1v) is 11.2. The van der Waals surface area contributed by atoms with Gasteiger partial charge in [-0.15, -0.1) is 0 Å². The van der Waals surface area contributed by atoms with Gasteiger partial charge in [0.1, 0.15) is 11.9 Å². The van der Waals surface area contributed by atoms with Crippen LogP contribution >= 0.6 is 22.7 Å². The zero-order valence-corrected chi connectivity index (χ0v) is 17.5. The van der Waals surface area contributed by atoms with Crippen molar-refractivity contribution in [3.8, 4) is 0 Å². The number of aliphatic hydroxyl groups excluding tert-OH is 1. The van der Waals surface area contributed by atoms with Crippen LogP contribution in [0.5, 0.6) is 0 Å². The number of aliphatic hydroxyl groups is 1. The van der Waals surface area contributed by atoms with Crippen molar-refractivity contribution in [2.24, 2.45) is 4.99 Å². The number of benzene rings is 1. The molecule has 4 N–H and O–H groups in total. The molecule has 0 spiro atoms. The van der Waals surface area contributed by atoms with Crippen LogP contribution in [0.1, 0.15) is 17.2 Å². The number of thiazole rings is 1. The van der Waals surface area contributed by atoms with E-state index >= 15 is 0 Å². The van der Waals surface area contributed by atoms with Crippen LogP contribution in [0.2, 0.25) is 0 Å². The number of anilines is 1. The number of aromatic nitrogens is 1. The number of nitrogens with one attached hydrogen (secondary N) is 1. The zero-order chi connectivity index (χ0) is 20.7. The molecule has 0 aliphatic carbocycles. The minimum atomic E-state index is -0.221. The van der Waals surface area contributed by atoms with E-state index in [4.69, 9.17) is 10.7 Å². The molecule has 2 atom stereocenters. The summed E-state index contributed by atoms with van der Waals surface area (Å²) < 4.78 is 0.995. The SMILES string of the molecule is Nc1nc2ccc(CNC(=O)C3=CC=CN4C3=NC(c3ccsc3)C4CO)cc2s1. The van der Waals surface area contributed by atoms with E-state index in [2.05, 4.69) is 10.3 Å². The molecule has 3 aromatic rings. The Hall–Kier alpha value is -3.01. The summed E-state index contributed by atoms with van der Waals surface area (Å²) in [6, 6.07) is 7.43. The highest BCUT2D eigenvalue weighted by atomic mass is 32.1. The Bertz CT molecular complexity index is 1200. The van der Waals surface area contributed by atoms with Crippen molar-refractivity contribution in [3.05, 3.63) is 70.1 Å². The first kappa shape index (κ1) is 19.0. The van der Waals surface area contributed by atoms with Crippen LogP contribution in [-0.2, 0) is 11.3 Å². The van der Waals surface area contributed by atoms with Gasteiger partial charge < -0.3 is 21.1 Å². The molecule has 5 rings (SSSR count). The number of allylic oxidation sites excluding steroid dienone is 2. The van der Waals surface area contributed by atoms with E-state index in [0.717, 1.165) is 21.3 Å². The van der Waals surface area contributed by atoms with Gasteiger partial charge in [0.05, 0.1) is 28.4 Å². The number of fused-ring (bicyclic) bond motifs is 2. The van der Waals surface area contributed by atoms with E-state index in [-0.39, 0.29) is 24.6 Å². The molecule has 2 unspecified atom stereocenters. The Kier molecular flexibility index (Phi) is 4.86. The number of aliphatic imine (C=N–C) groups is 1. The predicted octanol–water partition coefficient (Wildman–Crippen LogP) is 2.83. The molecule has 1 amide bonds. The van der Waals surface area contributed by atoms with Crippen molar-refractivity contribution < 1.29 is 9.90 Å². The van der Waals surface area contributed by atoms with Gasteiger partial charge in [-0.1, -0.05) is 17.4 Å². The van der Waals surface area contributed by atoms with E-state index in [9.17, 15) is 9.90 Å². The number of amidine groups is 1. The third kappa shape index (κ3) is 3.30. The molecule has 9 heteroatoms. The van der Waals surface area contributed by atoms with Crippen molar-refractivity contribution in [1.29, 1.82) is 0 Å². The van der Waals surface area contributed by atoms with E-state index in [1.54, 1.807) is 17.4 Å². The normalized spacial score (nSPS) is 20.2. The number of nitrogens with two attached hydrogens (primary N) is 1. The Morgan fingerprint density at radius 3 is 3.03 bits per heavy atom. The maximum absolute atomic E-state index is 13.0. The van der Waals surface area contributed by atoms with Gasteiger partial charge >= 0.3 is 0 Å². The second-order valence-electron chi connectivity index (χ2n) is 7.07. The Morgan fingerprint density at radius 2 is 2.23 bits per heavy atom. The predicted molar refractivity (Wildman–Crippen MR) is 120 cm³/mol. The molecule has 0 fully saturated rings. The summed E-state index contributed by atoms with van der Waals surface area (Å²) in [6.45, 7) is 0.336. The molecule has 30 heavy (non-hydrogen) atoms. The van der Waals surface area contributed by atoms with Gasteiger partial charge in [0.15, 0.2) is 5.13 Å². The molecular formula is C21H19N5O2S2. The van der Waals surface area contributed by atoms with Crippen LogP contribution in [-0.4, -0.2) is 39.4 Å². The molecule has 0 bridgehead atoms. The second kappa shape index (κ2) is 7.67. The maximum Gasteiger partial charge on any atom is 0.255 e. The number of carbonyl (C=O) groups is 1. The molecule has 152 valence electrons. The fraction of sp³-hybridized carbons (Fsp3) is 0.190. The molecule has 4 heterocycles. The maximum atomic E-state index is 13.0. The van der Waals surface area contributed by atoms with Crippen LogP contribution in [0.15, 0.2) is 63.9 Å². The highest BCUT2D eigenvalue weighted by Crippen LogP contribution is 2.35. The lowest BCUT2D eigenvalue weighted by molar-refractivity contribution is -0.117. The summed E-state index contributed by atoms with van der Waals surface area (Å²) >= 11 is 3.02. The molecule has 1 aromatic carbocycles. The average Bonchev–Trinajstić information content (AvgIpc) is 3.47. The third-order valence-electron chi connectivity index (χ3n) is 5.22. The van der Waals surface area contributed by atoms with Crippen LogP contribution in [0, 0.1) is 0 Å². The van der Waals surface area contributed by atoms with Gasteiger partial charge in [0.25, 0.3) is 5.91 Å². The van der Waals surface area contributed by atoms with Crippen molar-refractivity contribution in [3.63, 3.8) is 0 Å². The van der Waals surface area contributed by atoms with Crippen molar-refractivity contribution >= 4 is 49.8 Å². The minimum Gasteiger partial charge on any atom is -0.394 e. The monoisotopic (exact) mass is 437 g/mol. The number of nitrogens with zero attached hydrogens (tertiary/aromatic N) is 3. The molecule has 0 saturated carbocycles. The molecule has 0 radical (unpaired) electrons. The molecule has 2 aromatic heterocycles. The zero-order valence-electron chi connectivity index (χ0n) is 15.9. The summed E-state index contributed by atoms with van der Waals surface area (Å²) in [5.74, 6) is 0.394. The van der Waals surface area contributed by atoms with Crippen LogP contribution < -0.4 is 11.1 Å². The van der Waals surface area contributed by atoms with Gasteiger partial charge in [0.2, 0.25) is 0 Å². The van der Waals surface area contributed by atoms with Gasteiger partial charge in [-0.2, -0.15) is 11.3 Å². The number of rotatable bonds is 5. The van der Waals surface area contributed by atoms with Crippen LogP contribution in [0.3, 0.4) is 0 Å². The number of amides is 1. The molecular weight excluding hydrogens is 418 g/mol. The minimum absolute atomic E-state index is 0.0508. The summed E-state index contributed by atoms with van der Waals surface area (Å²) in [5, 5.41) is 17.5. The van der Waals surface area contributed by atoms with Crippen LogP contribution in [0.25, 0.3) is 10.2 Å². The van der Waals surface area contributed by atoms with Crippen molar-refractivity contribution in [2.75, 3.05) is 12.3 Å². The Labute approximate surface area is 180 Å². The number of nitrogen functional groups attached to an aromatic ring is 1. The highest BCUT2D eigenvalue weighted by Gasteiger charge is 2.39. The van der Waals surface area contributed by atoms with Gasteiger partial charge in [-0.3, -0.25) is 9.79 Å². The average molecular weight is 438 g/mol. The van der Waals surface area contributed by atoms with E-state index in [1.165, 1.54) is 11.3 Å². The topological polar surface area (TPSA) is 104 Å². The molecule has 7 nitrogen and oxygen atoms in total. The third-order valence-corrected chi connectivity index (χ3v) is 6.77. The van der Waals surface area contributed by atoms with E-state index in [0.29, 0.717) is 23.1 Å². The van der Waals surface area contributed by atoms with Gasteiger partial charge in [-0.05, 0) is 52.2 Å². The number of thiophene rings is 1. The lowest BCUT2D eigenvalue weighted by Crippen LogP contribution is -2.40. The molecule has 2 aliphatic heterocycles. The standard InChI is InChI=1S/C21H19N5O2S2/c22-21-24-15-4-3-12(8-17(15)30-21)9-23-20(28)14-2-1-6-26-16(10-27)18(25-19(14)26)13-5-7-29-11-13/h1-8,11,16,18,27H,9-10H2,(H2,22,24)(H,23,28). The quantitative estimate of drug-likeness (QED) is 0.569. The molecule has 0 saturated heterocycles. The first-order valence-electron chi connectivity index (χ1n) is 9.45. The number of hydrogen-bond acceptors (Lipinski definition) is 8. The van der Waals surface area contributed by atoms with E-state index < -0.39 is 0 Å². The lowest BCUT2D eigenvalue weighted by atomic mass is 10.0. The second-order valence-corrected chi connectivity index (χ2v) is 8.91. The van der Waals surface area contributed by atoms with Gasteiger partial charge in [0, 0.05) is 12.7 Å². The largest absolute Gasteiger partial charge is 0.394 e. The smallest absolute Gasteiger partial charge is 0.255 e. The summed E-state index contributed by atoms with van der Waals surface area (Å²) in [4.78, 5) is 23.9. The highest BCUT2D eigenvalue weighted by molar-refractivity contribution is 7.22. The van der Waals surface area contributed by atoms with E-state index in [1.807, 2.05) is 52.2 Å². The Morgan fingerprint density at radius 1 is 1.33 bits per heavy atom. The lowest BCUT2D eigenvalue weighted by Gasteiger charge is -2.27. The fourth-order valence-electron chi connectivity index (χ4n) is 3.77. The summed E-state index contributed by atoms with van der Waals surface area (Å²) in [7, 11) is 0. The number of hydrogen-bond donors (Lipinski definition) is 3. The van der Waals surface area contributed by atoms with Crippen LogP contribution in [0.4, 0.5) is 5.13 Å².